The van der Waals surface area contributed by atoms with E-state index in [1.165, 1.54) is 6.33 Å². The minimum absolute atomic E-state index is 0.469. The maximum atomic E-state index is 6.03. The number of nitrogens with zero attached hydrogens (tertiary/aromatic N) is 5. The molecule has 1 fully saturated rings. The molecule has 0 aliphatic carbocycles. The lowest BCUT2D eigenvalue weighted by Crippen LogP contribution is -2.37. The third-order valence-corrected chi connectivity index (χ3v) is 4.70. The van der Waals surface area contributed by atoms with Gasteiger partial charge < -0.3 is 19.5 Å². The average Bonchev–Trinajstić information content (AvgIpc) is 2.78. The lowest BCUT2D eigenvalue weighted by Gasteiger charge is -2.26. The number of rotatable bonds is 8. The highest BCUT2D eigenvalue weighted by molar-refractivity contribution is 5.92. The molecule has 1 aromatic carbocycles. The van der Waals surface area contributed by atoms with Crippen molar-refractivity contribution in [2.24, 2.45) is 0 Å². The summed E-state index contributed by atoms with van der Waals surface area (Å²) in [4.78, 5) is 19.5. The van der Waals surface area contributed by atoms with Crippen LogP contribution in [0.4, 0.5) is 11.8 Å². The van der Waals surface area contributed by atoms with E-state index in [-0.39, 0.29) is 0 Å². The van der Waals surface area contributed by atoms with E-state index in [0.29, 0.717) is 29.9 Å². The molecule has 3 aromatic rings. The fourth-order valence-electron chi connectivity index (χ4n) is 3.20. The molecule has 2 aromatic heterocycles. The van der Waals surface area contributed by atoms with E-state index in [1.807, 2.05) is 12.1 Å². The molecule has 0 bridgehead atoms. The predicted octanol–water partition coefficient (Wildman–Crippen LogP) is 2.27. The normalized spacial score (nSPS) is 14.7. The van der Waals surface area contributed by atoms with E-state index in [0.717, 1.165) is 50.2 Å². The Hall–Kier alpha value is -3.04. The molecule has 0 spiro atoms. The van der Waals surface area contributed by atoms with Gasteiger partial charge in [0.25, 0.3) is 0 Å². The molecular formula is C20H24N6O3. The maximum Gasteiger partial charge on any atom is 0.228 e. The Morgan fingerprint density at radius 3 is 2.69 bits per heavy atom. The first kappa shape index (κ1) is 19.3. The third-order valence-electron chi connectivity index (χ3n) is 4.70. The first-order valence-corrected chi connectivity index (χ1v) is 9.63. The summed E-state index contributed by atoms with van der Waals surface area (Å²) in [6.07, 6.45) is 5.76. The highest BCUT2D eigenvalue weighted by Crippen LogP contribution is 2.34. The van der Waals surface area contributed by atoms with Gasteiger partial charge in [-0.15, -0.1) is 0 Å². The van der Waals surface area contributed by atoms with Crippen molar-refractivity contribution in [2.75, 3.05) is 51.9 Å². The molecule has 0 saturated carbocycles. The van der Waals surface area contributed by atoms with Crippen LogP contribution in [0, 0.1) is 0 Å². The van der Waals surface area contributed by atoms with E-state index in [4.69, 9.17) is 14.2 Å². The number of fused-ring (bicyclic) bond motifs is 1. The fourth-order valence-corrected chi connectivity index (χ4v) is 3.20. The topological polar surface area (TPSA) is 94.5 Å². The van der Waals surface area contributed by atoms with Gasteiger partial charge in [0.15, 0.2) is 11.5 Å². The van der Waals surface area contributed by atoms with Gasteiger partial charge in [-0.1, -0.05) is 0 Å². The number of methoxy groups -OCH3 is 1. The first-order chi connectivity index (χ1) is 14.3. The smallest absolute Gasteiger partial charge is 0.228 e. The van der Waals surface area contributed by atoms with Gasteiger partial charge in [0, 0.05) is 43.5 Å². The van der Waals surface area contributed by atoms with Crippen LogP contribution in [-0.2, 0) is 4.74 Å². The van der Waals surface area contributed by atoms with Crippen molar-refractivity contribution in [1.29, 1.82) is 0 Å². The van der Waals surface area contributed by atoms with Crippen molar-refractivity contribution in [2.45, 2.75) is 6.42 Å². The average molecular weight is 396 g/mol. The van der Waals surface area contributed by atoms with Gasteiger partial charge >= 0.3 is 0 Å². The van der Waals surface area contributed by atoms with Gasteiger partial charge in [0.1, 0.15) is 12.1 Å². The van der Waals surface area contributed by atoms with Gasteiger partial charge in [-0.05, 0) is 18.6 Å². The predicted molar refractivity (Wildman–Crippen MR) is 109 cm³/mol. The summed E-state index contributed by atoms with van der Waals surface area (Å²) in [7, 11) is 1.62. The molecule has 4 rings (SSSR count). The Balaban J connectivity index is 1.49. The summed E-state index contributed by atoms with van der Waals surface area (Å²) < 4.78 is 16.9. The number of hydrogen-bond acceptors (Lipinski definition) is 9. The zero-order valence-electron chi connectivity index (χ0n) is 16.4. The number of benzene rings is 1. The van der Waals surface area contributed by atoms with Crippen LogP contribution in [0.25, 0.3) is 10.9 Å². The molecule has 152 valence electrons. The van der Waals surface area contributed by atoms with E-state index >= 15 is 0 Å². The molecular weight excluding hydrogens is 372 g/mol. The van der Waals surface area contributed by atoms with Crippen molar-refractivity contribution < 1.29 is 14.2 Å². The third kappa shape index (κ3) is 4.87. The molecule has 1 aliphatic heterocycles. The van der Waals surface area contributed by atoms with Crippen LogP contribution < -0.4 is 14.8 Å². The van der Waals surface area contributed by atoms with Crippen LogP contribution in [0.15, 0.2) is 36.9 Å². The zero-order chi connectivity index (χ0) is 19.9. The lowest BCUT2D eigenvalue weighted by atomic mass is 10.2. The molecule has 0 radical (unpaired) electrons. The quantitative estimate of drug-likeness (QED) is 0.575. The number of morpholine rings is 1. The summed E-state index contributed by atoms with van der Waals surface area (Å²) in [6, 6.07) is 5.51. The number of nitrogens with one attached hydrogen (secondary N) is 1. The van der Waals surface area contributed by atoms with Gasteiger partial charge in [0.2, 0.25) is 5.95 Å². The Labute approximate surface area is 169 Å². The summed E-state index contributed by atoms with van der Waals surface area (Å²) in [6.45, 7) is 5.15. The highest BCUT2D eigenvalue weighted by atomic mass is 16.5. The SMILES string of the molecule is COc1cc2ncnc(Nc3ncccn3)c2cc1OCCCN1CCOCC1. The van der Waals surface area contributed by atoms with Crippen molar-refractivity contribution in [3.05, 3.63) is 36.9 Å². The maximum absolute atomic E-state index is 6.03. The summed E-state index contributed by atoms with van der Waals surface area (Å²) in [5.74, 6) is 2.39. The fraction of sp³-hybridized carbons (Fsp3) is 0.400. The molecule has 9 heteroatoms. The monoisotopic (exact) mass is 396 g/mol. The summed E-state index contributed by atoms with van der Waals surface area (Å²) >= 11 is 0. The van der Waals surface area contributed by atoms with Crippen LogP contribution in [0.3, 0.4) is 0 Å². The summed E-state index contributed by atoms with van der Waals surface area (Å²) in [5.41, 5.74) is 0.746. The second-order valence-electron chi connectivity index (χ2n) is 6.60. The summed E-state index contributed by atoms with van der Waals surface area (Å²) in [5, 5.41) is 3.94. The van der Waals surface area contributed by atoms with Crippen LogP contribution in [-0.4, -0.2) is 71.4 Å². The molecule has 0 unspecified atom stereocenters. The first-order valence-electron chi connectivity index (χ1n) is 9.63. The zero-order valence-corrected chi connectivity index (χ0v) is 16.4. The van der Waals surface area contributed by atoms with Crippen molar-refractivity contribution in [1.82, 2.24) is 24.8 Å². The molecule has 0 atom stereocenters. The molecule has 3 heterocycles. The van der Waals surface area contributed by atoms with Crippen LogP contribution in [0.5, 0.6) is 11.5 Å². The Morgan fingerprint density at radius 2 is 1.90 bits per heavy atom. The van der Waals surface area contributed by atoms with E-state index in [2.05, 4.69) is 30.2 Å². The Kier molecular flexibility index (Phi) is 6.28. The van der Waals surface area contributed by atoms with Gasteiger partial charge in [0.05, 0.1) is 32.4 Å². The Morgan fingerprint density at radius 1 is 1.07 bits per heavy atom. The van der Waals surface area contributed by atoms with E-state index < -0.39 is 0 Å². The van der Waals surface area contributed by atoms with Crippen molar-refractivity contribution in [3.8, 4) is 11.5 Å². The van der Waals surface area contributed by atoms with Crippen molar-refractivity contribution >= 4 is 22.7 Å². The largest absolute Gasteiger partial charge is 0.493 e. The molecule has 1 N–H and O–H groups in total. The van der Waals surface area contributed by atoms with E-state index in [1.54, 1.807) is 25.6 Å². The Bertz CT molecular complexity index is 934. The van der Waals surface area contributed by atoms with Gasteiger partial charge in [-0.2, -0.15) is 0 Å². The standard InChI is InChI=1S/C20H24N6O3/c1-27-17-13-16-15(19(24-14-23-16)25-20-21-4-2-5-22-20)12-18(17)29-9-3-6-26-7-10-28-11-8-26/h2,4-5,12-14H,3,6-11H2,1H3,(H,21,22,23,24,25). The molecule has 1 saturated heterocycles. The molecule has 0 amide bonds. The van der Waals surface area contributed by atoms with Crippen LogP contribution in [0.2, 0.25) is 0 Å². The molecule has 9 nitrogen and oxygen atoms in total. The number of aromatic nitrogens is 4. The lowest BCUT2D eigenvalue weighted by molar-refractivity contribution is 0.0357. The molecule has 1 aliphatic rings. The molecule has 29 heavy (non-hydrogen) atoms. The second kappa shape index (κ2) is 9.44. The van der Waals surface area contributed by atoms with Crippen molar-refractivity contribution in [3.63, 3.8) is 0 Å². The van der Waals surface area contributed by atoms with E-state index in [9.17, 15) is 0 Å². The number of ether oxygens (including phenoxy) is 3. The van der Waals surface area contributed by atoms with Crippen LogP contribution in [0.1, 0.15) is 6.42 Å². The highest BCUT2D eigenvalue weighted by Gasteiger charge is 2.13. The second-order valence-corrected chi connectivity index (χ2v) is 6.60. The van der Waals surface area contributed by atoms with Gasteiger partial charge in [-0.25, -0.2) is 19.9 Å². The number of hydrogen-bond donors (Lipinski definition) is 1. The minimum Gasteiger partial charge on any atom is -0.493 e. The minimum atomic E-state index is 0.469. The number of anilines is 2. The van der Waals surface area contributed by atoms with Crippen LogP contribution >= 0.6 is 0 Å². The van der Waals surface area contributed by atoms with Gasteiger partial charge in [-0.3, -0.25) is 4.90 Å².